The van der Waals surface area contributed by atoms with E-state index in [1.807, 2.05) is 12.1 Å². The minimum absolute atomic E-state index is 0.632. The van der Waals surface area contributed by atoms with E-state index in [-0.39, 0.29) is 0 Å². The molecule has 2 saturated heterocycles. The van der Waals surface area contributed by atoms with Crippen molar-refractivity contribution in [1.82, 2.24) is 30.2 Å². The molecule has 2 aromatic heterocycles. The predicted molar refractivity (Wildman–Crippen MR) is 83.8 cm³/mol. The minimum Gasteiger partial charge on any atom is -0.354 e. The summed E-state index contributed by atoms with van der Waals surface area (Å²) in [6.07, 6.45) is 5.16. The summed E-state index contributed by atoms with van der Waals surface area (Å²) in [6, 6.07) is 6.01. The molecule has 22 heavy (non-hydrogen) atoms. The van der Waals surface area contributed by atoms with E-state index in [2.05, 4.69) is 44.3 Å². The lowest BCUT2D eigenvalue weighted by molar-refractivity contribution is 0.129. The summed E-state index contributed by atoms with van der Waals surface area (Å²) in [4.78, 5) is 5.11. The van der Waals surface area contributed by atoms with E-state index in [9.17, 15) is 0 Å². The number of aromatic nitrogens is 5. The summed E-state index contributed by atoms with van der Waals surface area (Å²) in [5, 5.41) is 16.0. The Morgan fingerprint density at radius 1 is 1.09 bits per heavy atom. The van der Waals surface area contributed by atoms with Gasteiger partial charge in [-0.3, -0.25) is 4.90 Å². The van der Waals surface area contributed by atoms with Crippen molar-refractivity contribution in [3.8, 4) is 0 Å². The minimum atomic E-state index is 0.632. The van der Waals surface area contributed by atoms with Crippen molar-refractivity contribution in [3.05, 3.63) is 12.1 Å². The highest BCUT2D eigenvalue weighted by atomic mass is 15.6. The molecule has 0 bridgehead atoms. The molecule has 0 spiro atoms. The van der Waals surface area contributed by atoms with Crippen molar-refractivity contribution in [1.29, 1.82) is 0 Å². The van der Waals surface area contributed by atoms with Gasteiger partial charge in [0.25, 0.3) is 0 Å². The summed E-state index contributed by atoms with van der Waals surface area (Å²) >= 11 is 0. The van der Waals surface area contributed by atoms with E-state index in [1.54, 1.807) is 0 Å². The number of tetrazole rings is 1. The highest BCUT2D eigenvalue weighted by Gasteiger charge is 2.35. The third kappa shape index (κ3) is 2.33. The molecular weight excluding hydrogens is 278 g/mol. The zero-order valence-corrected chi connectivity index (χ0v) is 13.3. The van der Waals surface area contributed by atoms with Gasteiger partial charge < -0.3 is 4.90 Å². The number of hydrogen-bond acceptors (Lipinski definition) is 6. The van der Waals surface area contributed by atoms with Gasteiger partial charge in [0.2, 0.25) is 0 Å². The van der Waals surface area contributed by atoms with Crippen molar-refractivity contribution < 1.29 is 0 Å². The molecule has 0 radical (unpaired) electrons. The predicted octanol–water partition coefficient (Wildman–Crippen LogP) is 1.36. The second-order valence-corrected chi connectivity index (χ2v) is 6.68. The number of anilines is 1. The molecule has 2 aliphatic heterocycles. The first-order chi connectivity index (χ1) is 10.7. The molecule has 4 heterocycles. The molecule has 2 fully saturated rings. The van der Waals surface area contributed by atoms with Gasteiger partial charge in [-0.25, -0.2) is 0 Å². The van der Waals surface area contributed by atoms with Crippen LogP contribution in [0.25, 0.3) is 5.65 Å². The Labute approximate surface area is 130 Å². The van der Waals surface area contributed by atoms with Gasteiger partial charge in [-0.15, -0.1) is 14.8 Å². The Balaban J connectivity index is 1.55. The maximum Gasteiger partial charge on any atom is 0.200 e. The molecule has 0 saturated carbocycles. The molecule has 0 amide bonds. The number of fused-ring (bicyclic) bond motifs is 1. The lowest BCUT2D eigenvalue weighted by Crippen LogP contribution is -2.51. The Morgan fingerprint density at radius 3 is 2.73 bits per heavy atom. The molecule has 7 nitrogen and oxygen atoms in total. The summed E-state index contributed by atoms with van der Waals surface area (Å²) < 4.78 is 1.51. The smallest absolute Gasteiger partial charge is 0.200 e. The highest BCUT2D eigenvalue weighted by Crippen LogP contribution is 2.30. The Morgan fingerprint density at radius 2 is 1.91 bits per heavy atom. The number of rotatable bonds is 2. The lowest BCUT2D eigenvalue weighted by Gasteiger charge is -2.41. The van der Waals surface area contributed by atoms with Gasteiger partial charge in [-0.2, -0.15) is 0 Å². The fraction of sp³-hybridized carbons (Fsp3) is 0.733. The van der Waals surface area contributed by atoms with Crippen molar-refractivity contribution >= 4 is 11.5 Å². The molecule has 0 unspecified atom stereocenters. The van der Waals surface area contributed by atoms with Gasteiger partial charge in [0, 0.05) is 31.2 Å². The zero-order valence-electron chi connectivity index (χ0n) is 13.3. The average Bonchev–Trinajstić information content (AvgIpc) is 3.13. The second-order valence-electron chi connectivity index (χ2n) is 6.68. The number of likely N-dealkylation sites (tertiary alicyclic amines) is 1. The van der Waals surface area contributed by atoms with Gasteiger partial charge in [0.1, 0.15) is 0 Å². The van der Waals surface area contributed by atoms with Crippen molar-refractivity contribution in [2.75, 3.05) is 18.0 Å². The molecule has 0 aromatic carbocycles. The van der Waals surface area contributed by atoms with E-state index in [1.165, 1.54) is 30.3 Å². The fourth-order valence-corrected chi connectivity index (χ4v) is 4.15. The molecule has 4 rings (SSSR count). The van der Waals surface area contributed by atoms with Crippen LogP contribution in [-0.4, -0.2) is 61.4 Å². The molecule has 0 N–H and O–H groups in total. The van der Waals surface area contributed by atoms with Crippen LogP contribution >= 0.6 is 0 Å². The van der Waals surface area contributed by atoms with Crippen LogP contribution in [0.2, 0.25) is 0 Å². The second kappa shape index (κ2) is 5.46. The van der Waals surface area contributed by atoms with E-state index in [4.69, 9.17) is 0 Å². The van der Waals surface area contributed by atoms with E-state index in [0.717, 1.165) is 18.9 Å². The van der Waals surface area contributed by atoms with Gasteiger partial charge >= 0.3 is 0 Å². The zero-order chi connectivity index (χ0) is 15.1. The van der Waals surface area contributed by atoms with Crippen LogP contribution < -0.4 is 4.90 Å². The SMILES string of the molecule is C[C@@H]1CC[C@H](C)N1[C@H]1CCCN(c2ccc3nnnn3n2)C1. The van der Waals surface area contributed by atoms with Crippen molar-refractivity contribution in [2.24, 2.45) is 0 Å². The first kappa shape index (κ1) is 13.9. The maximum absolute atomic E-state index is 4.55. The number of hydrogen-bond donors (Lipinski definition) is 0. The number of nitrogens with zero attached hydrogens (tertiary/aromatic N) is 7. The van der Waals surface area contributed by atoms with Gasteiger partial charge in [0.15, 0.2) is 11.5 Å². The largest absolute Gasteiger partial charge is 0.354 e. The Kier molecular flexibility index (Phi) is 3.44. The Hall–Kier alpha value is -1.76. The quantitative estimate of drug-likeness (QED) is 0.834. The topological polar surface area (TPSA) is 62.5 Å². The van der Waals surface area contributed by atoms with Crippen LogP contribution in [0.15, 0.2) is 12.1 Å². The van der Waals surface area contributed by atoms with Crippen molar-refractivity contribution in [2.45, 2.75) is 57.7 Å². The molecular formula is C15H23N7. The third-order valence-corrected chi connectivity index (χ3v) is 5.22. The normalized spacial score (nSPS) is 30.3. The summed E-state index contributed by atoms with van der Waals surface area (Å²) in [7, 11) is 0. The van der Waals surface area contributed by atoms with Crippen LogP contribution in [0.3, 0.4) is 0 Å². The van der Waals surface area contributed by atoms with Crippen LogP contribution in [-0.2, 0) is 0 Å². The lowest BCUT2D eigenvalue weighted by atomic mass is 10.0. The summed E-state index contributed by atoms with van der Waals surface area (Å²) in [5.41, 5.74) is 0.694. The van der Waals surface area contributed by atoms with E-state index >= 15 is 0 Å². The Bertz CT molecular complexity index is 644. The van der Waals surface area contributed by atoms with Gasteiger partial charge in [-0.1, -0.05) is 0 Å². The molecule has 118 valence electrons. The van der Waals surface area contributed by atoms with E-state index < -0.39 is 0 Å². The van der Waals surface area contributed by atoms with Gasteiger partial charge in [0.05, 0.1) is 0 Å². The standard InChI is InChI=1S/C15H23N7/c1-11-5-6-12(2)21(11)13-4-3-9-20(10-13)15-8-7-14-16-18-19-22(14)17-15/h7-8,11-13H,3-6,9-10H2,1-2H3/t11-,12+,13-/m0/s1. The molecule has 7 heteroatoms. The first-order valence-electron chi connectivity index (χ1n) is 8.30. The van der Waals surface area contributed by atoms with Crippen LogP contribution in [0, 0.1) is 0 Å². The van der Waals surface area contributed by atoms with Crippen LogP contribution in [0.4, 0.5) is 5.82 Å². The maximum atomic E-state index is 4.55. The summed E-state index contributed by atoms with van der Waals surface area (Å²) in [6.45, 7) is 6.85. The number of piperidine rings is 1. The summed E-state index contributed by atoms with van der Waals surface area (Å²) in [5.74, 6) is 0.976. The van der Waals surface area contributed by atoms with Crippen molar-refractivity contribution in [3.63, 3.8) is 0 Å². The van der Waals surface area contributed by atoms with E-state index in [0.29, 0.717) is 23.8 Å². The van der Waals surface area contributed by atoms with Gasteiger partial charge in [-0.05, 0) is 62.1 Å². The van der Waals surface area contributed by atoms with Crippen LogP contribution in [0.5, 0.6) is 0 Å². The average molecular weight is 301 g/mol. The molecule has 0 aliphatic carbocycles. The first-order valence-corrected chi connectivity index (χ1v) is 8.30. The molecule has 3 atom stereocenters. The molecule has 2 aromatic rings. The fourth-order valence-electron chi connectivity index (χ4n) is 4.15. The third-order valence-electron chi connectivity index (χ3n) is 5.22. The van der Waals surface area contributed by atoms with Crippen LogP contribution in [0.1, 0.15) is 39.5 Å². The highest BCUT2D eigenvalue weighted by molar-refractivity contribution is 5.44. The molecule has 2 aliphatic rings. The monoisotopic (exact) mass is 301 g/mol.